The standard InChI is InChI=1S/C10H24O7Si/c1-9(2,3)10(4,5)14-18(15-11-6,16-12-7)17-13-8/h1-8H3. The van der Waals surface area contributed by atoms with E-state index >= 15 is 0 Å². The van der Waals surface area contributed by atoms with E-state index in [2.05, 4.69) is 14.7 Å². The molecule has 8 heteroatoms. The highest BCUT2D eigenvalue weighted by Crippen LogP contribution is 2.36. The molecule has 0 radical (unpaired) electrons. The Bertz CT molecular complexity index is 222. The quantitative estimate of drug-likeness (QED) is 0.383. The van der Waals surface area contributed by atoms with E-state index in [-0.39, 0.29) is 5.41 Å². The van der Waals surface area contributed by atoms with Crippen LogP contribution in [-0.2, 0) is 32.8 Å². The van der Waals surface area contributed by atoms with Gasteiger partial charge in [0.25, 0.3) is 0 Å². The second-order valence-corrected chi connectivity index (χ2v) is 6.82. The van der Waals surface area contributed by atoms with Crippen molar-refractivity contribution in [3.8, 4) is 0 Å². The molecule has 0 unspecified atom stereocenters. The van der Waals surface area contributed by atoms with Crippen LogP contribution in [0.1, 0.15) is 34.6 Å². The van der Waals surface area contributed by atoms with E-state index in [0.717, 1.165) is 0 Å². The van der Waals surface area contributed by atoms with Crippen molar-refractivity contribution in [1.82, 2.24) is 0 Å². The molecule has 0 aliphatic heterocycles. The van der Waals surface area contributed by atoms with Crippen molar-refractivity contribution in [3.63, 3.8) is 0 Å². The van der Waals surface area contributed by atoms with Crippen molar-refractivity contribution in [2.45, 2.75) is 40.2 Å². The molecule has 18 heavy (non-hydrogen) atoms. The Kier molecular flexibility index (Phi) is 6.89. The second-order valence-electron chi connectivity index (χ2n) is 5.11. The molecule has 0 aliphatic rings. The van der Waals surface area contributed by atoms with Crippen LogP contribution in [-0.4, -0.2) is 36.0 Å². The van der Waals surface area contributed by atoms with Gasteiger partial charge in [0.15, 0.2) is 0 Å². The van der Waals surface area contributed by atoms with Gasteiger partial charge in [-0.05, 0) is 19.3 Å². The average Bonchev–Trinajstić information content (AvgIpc) is 2.15. The zero-order valence-corrected chi connectivity index (χ0v) is 13.4. The molecular formula is C10H24O7Si. The lowest BCUT2D eigenvalue weighted by molar-refractivity contribution is -0.380. The predicted molar refractivity (Wildman–Crippen MR) is 64.7 cm³/mol. The van der Waals surface area contributed by atoms with Crippen LogP contribution in [0.5, 0.6) is 0 Å². The van der Waals surface area contributed by atoms with Gasteiger partial charge < -0.3 is 4.43 Å². The van der Waals surface area contributed by atoms with E-state index in [9.17, 15) is 0 Å². The summed E-state index contributed by atoms with van der Waals surface area (Å²) in [6.07, 6.45) is 0. The largest absolute Gasteiger partial charge is 0.764 e. The van der Waals surface area contributed by atoms with Gasteiger partial charge in [0.1, 0.15) is 0 Å². The Hall–Kier alpha value is -0.0631. The summed E-state index contributed by atoms with van der Waals surface area (Å²) in [7, 11) is 0.231. The molecule has 0 amide bonds. The topological polar surface area (TPSA) is 64.6 Å². The minimum Gasteiger partial charge on any atom is -0.341 e. The van der Waals surface area contributed by atoms with E-state index < -0.39 is 14.6 Å². The summed E-state index contributed by atoms with van der Waals surface area (Å²) in [4.78, 5) is 13.8. The molecule has 0 atom stereocenters. The first-order chi connectivity index (χ1) is 8.14. The fourth-order valence-corrected chi connectivity index (χ4v) is 2.59. The first kappa shape index (κ1) is 17.9. The Morgan fingerprint density at radius 1 is 0.667 bits per heavy atom. The van der Waals surface area contributed by atoms with Gasteiger partial charge in [-0.2, -0.15) is 13.7 Å². The maximum absolute atomic E-state index is 5.81. The van der Waals surface area contributed by atoms with E-state index in [1.54, 1.807) is 0 Å². The molecule has 0 fully saturated rings. The van der Waals surface area contributed by atoms with Gasteiger partial charge in [0.2, 0.25) is 0 Å². The maximum Gasteiger partial charge on any atom is 0.764 e. The smallest absolute Gasteiger partial charge is 0.341 e. The van der Waals surface area contributed by atoms with Crippen LogP contribution < -0.4 is 0 Å². The van der Waals surface area contributed by atoms with Crippen molar-refractivity contribution in [2.75, 3.05) is 21.3 Å². The molecule has 0 heterocycles. The molecule has 0 aliphatic carbocycles. The van der Waals surface area contributed by atoms with Gasteiger partial charge in [-0.15, -0.1) is 0 Å². The first-order valence-electron chi connectivity index (χ1n) is 5.50. The highest BCUT2D eigenvalue weighted by atomic mass is 28.4. The second kappa shape index (κ2) is 6.92. The molecule has 0 aromatic carbocycles. The Morgan fingerprint density at radius 2 is 1.00 bits per heavy atom. The Morgan fingerprint density at radius 3 is 1.22 bits per heavy atom. The summed E-state index contributed by atoms with van der Waals surface area (Å²) in [5, 5.41) is 0. The first-order valence-corrected chi connectivity index (χ1v) is 7.13. The lowest BCUT2D eigenvalue weighted by Crippen LogP contribution is -2.57. The Balaban J connectivity index is 5.07. The molecule has 0 saturated carbocycles. The molecule has 0 aromatic heterocycles. The highest BCUT2D eigenvalue weighted by Gasteiger charge is 2.57. The van der Waals surface area contributed by atoms with E-state index in [1.807, 2.05) is 34.6 Å². The molecule has 0 saturated heterocycles. The van der Waals surface area contributed by atoms with Crippen molar-refractivity contribution in [2.24, 2.45) is 5.41 Å². The van der Waals surface area contributed by atoms with Crippen molar-refractivity contribution >= 4 is 9.05 Å². The monoisotopic (exact) mass is 284 g/mol. The van der Waals surface area contributed by atoms with Crippen LogP contribution >= 0.6 is 0 Å². The Labute approximate surface area is 109 Å². The lowest BCUT2D eigenvalue weighted by Gasteiger charge is -2.41. The van der Waals surface area contributed by atoms with Crippen LogP contribution in [0, 0.1) is 5.41 Å². The fraction of sp³-hybridized carbons (Fsp3) is 1.00. The van der Waals surface area contributed by atoms with E-state index in [0.29, 0.717) is 0 Å². The molecule has 0 rings (SSSR count). The molecular weight excluding hydrogens is 260 g/mol. The minimum atomic E-state index is -3.71. The van der Waals surface area contributed by atoms with Gasteiger partial charge in [0, 0.05) is 0 Å². The van der Waals surface area contributed by atoms with Crippen molar-refractivity contribution in [1.29, 1.82) is 0 Å². The molecule has 0 spiro atoms. The van der Waals surface area contributed by atoms with Gasteiger partial charge in [-0.1, -0.05) is 20.8 Å². The molecule has 7 nitrogen and oxygen atoms in total. The third-order valence-electron chi connectivity index (χ3n) is 2.74. The lowest BCUT2D eigenvalue weighted by atomic mass is 9.79. The van der Waals surface area contributed by atoms with Gasteiger partial charge in [0.05, 0.1) is 26.9 Å². The summed E-state index contributed by atoms with van der Waals surface area (Å²) in [6.45, 7) is 9.80. The SMILES string of the molecule is COO[Si](OOC)(OOC)OC(C)(C)C(C)(C)C. The summed E-state index contributed by atoms with van der Waals surface area (Å²) >= 11 is 0. The van der Waals surface area contributed by atoms with E-state index in [1.165, 1.54) is 21.3 Å². The summed E-state index contributed by atoms with van der Waals surface area (Å²) in [6, 6.07) is 0. The normalized spacial score (nSPS) is 14.0. The fourth-order valence-electron chi connectivity index (χ4n) is 0.864. The van der Waals surface area contributed by atoms with Crippen LogP contribution in [0.15, 0.2) is 0 Å². The van der Waals surface area contributed by atoms with Gasteiger partial charge in [-0.3, -0.25) is 0 Å². The van der Waals surface area contributed by atoms with Gasteiger partial charge in [-0.25, -0.2) is 14.7 Å². The van der Waals surface area contributed by atoms with Crippen LogP contribution in [0.3, 0.4) is 0 Å². The summed E-state index contributed by atoms with van der Waals surface area (Å²) in [5.41, 5.74) is -0.828. The van der Waals surface area contributed by atoms with Crippen molar-refractivity contribution in [3.05, 3.63) is 0 Å². The van der Waals surface area contributed by atoms with Crippen LogP contribution in [0.2, 0.25) is 0 Å². The molecule has 0 aromatic rings. The highest BCUT2D eigenvalue weighted by molar-refractivity contribution is 6.52. The summed E-state index contributed by atoms with van der Waals surface area (Å²) < 4.78 is 20.7. The van der Waals surface area contributed by atoms with Gasteiger partial charge >= 0.3 is 9.05 Å². The van der Waals surface area contributed by atoms with Crippen molar-refractivity contribution < 1.29 is 32.8 Å². The number of rotatable bonds is 8. The number of hydrogen-bond donors (Lipinski definition) is 0. The third kappa shape index (κ3) is 4.90. The van der Waals surface area contributed by atoms with Crippen LogP contribution in [0.4, 0.5) is 0 Å². The third-order valence-corrected chi connectivity index (χ3v) is 4.62. The minimum absolute atomic E-state index is 0.198. The maximum atomic E-state index is 5.81. The van der Waals surface area contributed by atoms with Crippen LogP contribution in [0.25, 0.3) is 0 Å². The zero-order chi connectivity index (χ0) is 14.4. The zero-order valence-electron chi connectivity index (χ0n) is 12.4. The molecule has 0 N–H and O–H groups in total. The summed E-state index contributed by atoms with van der Waals surface area (Å²) in [5.74, 6) is 0. The van der Waals surface area contributed by atoms with E-state index in [4.69, 9.17) is 18.2 Å². The molecule has 0 bridgehead atoms. The number of hydrogen-bond acceptors (Lipinski definition) is 7. The predicted octanol–water partition coefficient (Wildman–Crippen LogP) is 2.00. The average molecular weight is 284 g/mol. The molecule has 110 valence electrons.